The second-order valence-electron chi connectivity index (χ2n) is 5.16. The first kappa shape index (κ1) is 16.4. The number of benzene rings is 1. The Bertz CT molecular complexity index is 629. The zero-order chi connectivity index (χ0) is 15.9. The highest BCUT2D eigenvalue weighted by Crippen LogP contribution is 2.19. The van der Waals surface area contributed by atoms with Gasteiger partial charge in [0.2, 0.25) is 5.82 Å². The van der Waals surface area contributed by atoms with Gasteiger partial charge in [0.05, 0.1) is 17.8 Å². The number of quaternary nitrogens is 1. The maximum atomic E-state index is 12.1. The van der Waals surface area contributed by atoms with E-state index >= 15 is 0 Å². The highest BCUT2D eigenvalue weighted by Gasteiger charge is 2.15. The fourth-order valence-electron chi connectivity index (χ4n) is 2.10. The van der Waals surface area contributed by atoms with Gasteiger partial charge in [-0.1, -0.05) is 30.7 Å². The van der Waals surface area contributed by atoms with Gasteiger partial charge in [-0.3, -0.25) is 4.79 Å². The van der Waals surface area contributed by atoms with Crippen LogP contribution in [0.1, 0.15) is 19.2 Å². The standard InChI is InChI=1S/C14H19ClN6O/c1-3-8-21-13(17-18-19-21)9-20(2)10-14(22)16-12-7-5-4-6-11(12)15/h4-7H,3,8-10H2,1-2H3,(H,16,22)/p+1. The lowest BCUT2D eigenvalue weighted by Crippen LogP contribution is -3.08. The molecule has 1 aromatic heterocycles. The first-order chi connectivity index (χ1) is 10.6. The van der Waals surface area contributed by atoms with E-state index in [0.717, 1.165) is 23.7 Å². The van der Waals surface area contributed by atoms with Gasteiger partial charge in [0.15, 0.2) is 6.54 Å². The topological polar surface area (TPSA) is 77.1 Å². The Labute approximate surface area is 134 Å². The average molecular weight is 324 g/mol. The molecule has 1 amide bonds. The number of hydrogen-bond donors (Lipinski definition) is 2. The van der Waals surface area contributed by atoms with E-state index in [0.29, 0.717) is 23.8 Å². The van der Waals surface area contributed by atoms with E-state index in [1.54, 1.807) is 16.8 Å². The number of para-hydroxylation sites is 1. The number of anilines is 1. The molecule has 0 radical (unpaired) electrons. The molecule has 0 aliphatic rings. The lowest BCUT2D eigenvalue weighted by Gasteiger charge is -2.13. The molecule has 1 unspecified atom stereocenters. The van der Waals surface area contributed by atoms with Crippen LogP contribution in [0.4, 0.5) is 5.69 Å². The zero-order valence-corrected chi connectivity index (χ0v) is 13.5. The molecule has 0 aliphatic heterocycles. The monoisotopic (exact) mass is 323 g/mol. The minimum Gasteiger partial charge on any atom is -0.323 e. The number of tetrazole rings is 1. The van der Waals surface area contributed by atoms with Crippen molar-refractivity contribution in [1.82, 2.24) is 20.2 Å². The Morgan fingerprint density at radius 1 is 1.41 bits per heavy atom. The third kappa shape index (κ3) is 4.51. The largest absolute Gasteiger partial charge is 0.323 e. The van der Waals surface area contributed by atoms with Crippen LogP contribution < -0.4 is 10.2 Å². The first-order valence-electron chi connectivity index (χ1n) is 7.21. The number of likely N-dealkylation sites (N-methyl/N-ethyl adjacent to an activating group) is 1. The van der Waals surface area contributed by atoms with E-state index in [1.165, 1.54) is 0 Å². The molecule has 1 heterocycles. The van der Waals surface area contributed by atoms with Crippen LogP contribution in [0.3, 0.4) is 0 Å². The maximum Gasteiger partial charge on any atom is 0.279 e. The quantitative estimate of drug-likeness (QED) is 0.773. The molecule has 0 bridgehead atoms. The number of carbonyl (C=O) groups excluding carboxylic acids is 1. The van der Waals surface area contributed by atoms with E-state index in [1.807, 2.05) is 19.2 Å². The number of nitrogens with zero attached hydrogens (tertiary/aromatic N) is 4. The van der Waals surface area contributed by atoms with Gasteiger partial charge in [-0.05, 0) is 29.0 Å². The highest BCUT2D eigenvalue weighted by atomic mass is 35.5. The molecule has 2 N–H and O–H groups in total. The summed E-state index contributed by atoms with van der Waals surface area (Å²) in [6.45, 7) is 3.74. The molecule has 2 aromatic rings. The molecule has 1 atom stereocenters. The van der Waals surface area contributed by atoms with Gasteiger partial charge in [-0.15, -0.1) is 5.10 Å². The molecule has 0 spiro atoms. The number of aryl methyl sites for hydroxylation is 1. The SMILES string of the molecule is CCCn1nnnc1C[NH+](C)CC(=O)Nc1ccccc1Cl. The number of halogens is 1. The van der Waals surface area contributed by atoms with Crippen LogP contribution in [-0.4, -0.2) is 39.7 Å². The van der Waals surface area contributed by atoms with Gasteiger partial charge in [0, 0.05) is 6.54 Å². The Morgan fingerprint density at radius 2 is 2.18 bits per heavy atom. The summed E-state index contributed by atoms with van der Waals surface area (Å²) in [5.74, 6) is 0.685. The molecule has 0 aliphatic carbocycles. The van der Waals surface area contributed by atoms with Crippen LogP contribution >= 0.6 is 11.6 Å². The van der Waals surface area contributed by atoms with E-state index in [-0.39, 0.29) is 5.91 Å². The average Bonchev–Trinajstić information content (AvgIpc) is 2.89. The molecule has 0 fully saturated rings. The first-order valence-corrected chi connectivity index (χ1v) is 7.58. The summed E-state index contributed by atoms with van der Waals surface area (Å²) >= 11 is 6.02. The van der Waals surface area contributed by atoms with Crippen molar-refractivity contribution in [2.75, 3.05) is 18.9 Å². The zero-order valence-electron chi connectivity index (χ0n) is 12.7. The summed E-state index contributed by atoms with van der Waals surface area (Å²) < 4.78 is 1.77. The van der Waals surface area contributed by atoms with Gasteiger partial charge in [0.1, 0.15) is 6.54 Å². The second kappa shape index (κ2) is 7.86. The van der Waals surface area contributed by atoms with Gasteiger partial charge >= 0.3 is 0 Å². The lowest BCUT2D eigenvalue weighted by molar-refractivity contribution is -0.886. The predicted molar refractivity (Wildman–Crippen MR) is 83.6 cm³/mol. The van der Waals surface area contributed by atoms with Crippen molar-refractivity contribution in [3.8, 4) is 0 Å². The number of rotatable bonds is 7. The Morgan fingerprint density at radius 3 is 2.91 bits per heavy atom. The van der Waals surface area contributed by atoms with Crippen LogP contribution in [0.25, 0.3) is 0 Å². The number of nitrogens with one attached hydrogen (secondary N) is 2. The van der Waals surface area contributed by atoms with Crippen molar-refractivity contribution in [3.63, 3.8) is 0 Å². The van der Waals surface area contributed by atoms with Crippen molar-refractivity contribution >= 4 is 23.2 Å². The van der Waals surface area contributed by atoms with Crippen LogP contribution in [0.5, 0.6) is 0 Å². The molecule has 7 nitrogen and oxygen atoms in total. The van der Waals surface area contributed by atoms with Crippen LogP contribution in [0, 0.1) is 0 Å². The molecule has 0 saturated heterocycles. The lowest BCUT2D eigenvalue weighted by atomic mass is 10.3. The molecule has 118 valence electrons. The molecule has 22 heavy (non-hydrogen) atoms. The van der Waals surface area contributed by atoms with Gasteiger partial charge in [0.25, 0.3) is 5.91 Å². The highest BCUT2D eigenvalue weighted by molar-refractivity contribution is 6.33. The normalized spacial score (nSPS) is 12.1. The van der Waals surface area contributed by atoms with Crippen LogP contribution in [0.15, 0.2) is 24.3 Å². The van der Waals surface area contributed by atoms with E-state index in [4.69, 9.17) is 11.6 Å². The molecule has 1 aromatic carbocycles. The Hall–Kier alpha value is -1.99. The summed E-state index contributed by atoms with van der Waals surface area (Å²) in [4.78, 5) is 13.1. The minimum atomic E-state index is -0.0971. The summed E-state index contributed by atoms with van der Waals surface area (Å²) in [6.07, 6.45) is 0.962. The van der Waals surface area contributed by atoms with Crippen molar-refractivity contribution in [1.29, 1.82) is 0 Å². The third-order valence-electron chi connectivity index (χ3n) is 3.11. The number of carbonyl (C=O) groups is 1. The van der Waals surface area contributed by atoms with E-state index < -0.39 is 0 Å². The van der Waals surface area contributed by atoms with Crippen molar-refractivity contribution < 1.29 is 9.69 Å². The third-order valence-corrected chi connectivity index (χ3v) is 3.44. The number of hydrogen-bond acceptors (Lipinski definition) is 4. The maximum absolute atomic E-state index is 12.1. The van der Waals surface area contributed by atoms with Crippen molar-refractivity contribution in [2.24, 2.45) is 0 Å². The molecular weight excluding hydrogens is 304 g/mol. The number of amides is 1. The minimum absolute atomic E-state index is 0.0971. The van der Waals surface area contributed by atoms with Crippen molar-refractivity contribution in [3.05, 3.63) is 35.1 Å². The van der Waals surface area contributed by atoms with Crippen molar-refractivity contribution in [2.45, 2.75) is 26.4 Å². The summed E-state index contributed by atoms with van der Waals surface area (Å²) in [5, 5.41) is 15.0. The van der Waals surface area contributed by atoms with Gasteiger partial charge < -0.3 is 10.2 Å². The summed E-state index contributed by atoms with van der Waals surface area (Å²) in [7, 11) is 1.93. The number of aromatic nitrogens is 4. The second-order valence-corrected chi connectivity index (χ2v) is 5.56. The molecular formula is C14H20ClN6O+. The molecule has 0 saturated carbocycles. The fourth-order valence-corrected chi connectivity index (χ4v) is 2.28. The summed E-state index contributed by atoms with van der Waals surface area (Å²) in [5.41, 5.74) is 0.623. The van der Waals surface area contributed by atoms with Gasteiger partial charge in [-0.25, -0.2) is 4.68 Å². The summed E-state index contributed by atoms with van der Waals surface area (Å²) in [6, 6.07) is 7.17. The Kier molecular flexibility index (Phi) is 5.85. The van der Waals surface area contributed by atoms with E-state index in [2.05, 4.69) is 27.8 Å². The predicted octanol–water partition coefficient (Wildman–Crippen LogP) is 0.390. The molecule has 8 heteroatoms. The molecule has 2 rings (SSSR count). The van der Waals surface area contributed by atoms with Gasteiger partial charge in [-0.2, -0.15) is 0 Å². The van der Waals surface area contributed by atoms with Crippen LogP contribution in [0.2, 0.25) is 5.02 Å². The fraction of sp³-hybridized carbons (Fsp3) is 0.429. The van der Waals surface area contributed by atoms with E-state index in [9.17, 15) is 4.79 Å². The smallest absolute Gasteiger partial charge is 0.279 e. The Balaban J connectivity index is 1.89. The van der Waals surface area contributed by atoms with Crippen LogP contribution in [-0.2, 0) is 17.9 Å².